The Morgan fingerprint density at radius 2 is 2.06 bits per heavy atom. The second-order valence-electron chi connectivity index (χ2n) is 9.25. The first-order valence-electron chi connectivity index (χ1n) is 12.2. The fourth-order valence-electron chi connectivity index (χ4n) is 4.82. The van der Waals surface area contributed by atoms with Gasteiger partial charge in [0, 0.05) is 30.1 Å². The maximum Gasteiger partial charge on any atom is 0.303 e. The molecule has 0 spiro atoms. The van der Waals surface area contributed by atoms with Crippen LogP contribution in [0.15, 0.2) is 30.3 Å². The van der Waals surface area contributed by atoms with E-state index in [4.69, 9.17) is 21.4 Å². The van der Waals surface area contributed by atoms with E-state index in [0.29, 0.717) is 12.6 Å². The van der Waals surface area contributed by atoms with Gasteiger partial charge in [-0.15, -0.1) is 0 Å². The van der Waals surface area contributed by atoms with Crippen LogP contribution in [0.1, 0.15) is 61.5 Å². The molecule has 3 rings (SSSR count). The van der Waals surface area contributed by atoms with Crippen LogP contribution in [0.25, 0.3) is 0 Å². The summed E-state index contributed by atoms with van der Waals surface area (Å²) >= 11 is 6.25. The van der Waals surface area contributed by atoms with Crippen LogP contribution in [-0.2, 0) is 28.8 Å². The average Bonchev–Trinajstić information content (AvgIpc) is 3.23. The van der Waals surface area contributed by atoms with Crippen LogP contribution in [0.5, 0.6) is 0 Å². The van der Waals surface area contributed by atoms with E-state index in [1.165, 1.54) is 11.6 Å². The Morgan fingerprint density at radius 1 is 1.29 bits per heavy atom. The number of hydrogen-bond donors (Lipinski definition) is 2. The molecule has 0 bridgehead atoms. The molecule has 0 aromatic heterocycles. The molecule has 8 heteroatoms. The zero-order valence-electron chi connectivity index (χ0n) is 20.3. The van der Waals surface area contributed by atoms with Crippen LogP contribution in [0, 0.1) is 11.6 Å². The largest absolute Gasteiger partial charge is 0.481 e. The van der Waals surface area contributed by atoms with Gasteiger partial charge in [-0.2, -0.15) is 0 Å². The number of carboxylic acid groups (broad SMARTS) is 1. The van der Waals surface area contributed by atoms with Gasteiger partial charge in [0.15, 0.2) is 0 Å². The first-order valence-corrected chi connectivity index (χ1v) is 12.6. The summed E-state index contributed by atoms with van der Waals surface area (Å²) in [5.74, 6) is -2.60. The predicted octanol–water partition coefficient (Wildman–Crippen LogP) is 5.34. The van der Waals surface area contributed by atoms with Crippen molar-refractivity contribution < 1.29 is 28.5 Å². The van der Waals surface area contributed by atoms with Gasteiger partial charge in [0.1, 0.15) is 11.6 Å². The molecule has 0 saturated carbocycles. The molecule has 0 amide bonds. The molecule has 1 heterocycles. The average molecular weight is 510 g/mol. The van der Waals surface area contributed by atoms with Crippen molar-refractivity contribution in [1.29, 1.82) is 0 Å². The van der Waals surface area contributed by atoms with Gasteiger partial charge in [0.25, 0.3) is 0 Å². The summed E-state index contributed by atoms with van der Waals surface area (Å²) in [6.45, 7) is 5.06. The van der Waals surface area contributed by atoms with Crippen molar-refractivity contribution in [3.05, 3.63) is 69.2 Å². The summed E-state index contributed by atoms with van der Waals surface area (Å²) < 4.78 is 34.0. The molecule has 2 N–H and O–H groups in total. The van der Waals surface area contributed by atoms with Crippen molar-refractivity contribution in [3.8, 4) is 0 Å². The molecule has 2 aromatic rings. The summed E-state index contributed by atoms with van der Waals surface area (Å²) in [7, 11) is 0. The zero-order valence-corrected chi connectivity index (χ0v) is 21.0. The SMILES string of the molecule is CCc1cc(C[C@@H]2CCCN2C[C@@H](O)CO[C@H](C)c2cc(F)cc(F)c2CCC(=O)O)ccc1Cl. The molecule has 0 aliphatic carbocycles. The number of aliphatic hydroxyl groups excluding tert-OH is 1. The van der Waals surface area contributed by atoms with Gasteiger partial charge in [-0.1, -0.05) is 30.7 Å². The molecule has 1 aliphatic heterocycles. The van der Waals surface area contributed by atoms with E-state index in [1.54, 1.807) is 6.92 Å². The van der Waals surface area contributed by atoms with E-state index in [1.807, 2.05) is 6.07 Å². The second-order valence-corrected chi connectivity index (χ2v) is 9.66. The Hall–Kier alpha value is -2.06. The van der Waals surface area contributed by atoms with Gasteiger partial charge in [-0.05, 0) is 80.0 Å². The minimum Gasteiger partial charge on any atom is -0.481 e. The Kier molecular flexibility index (Phi) is 10.0. The fourth-order valence-corrected chi connectivity index (χ4v) is 5.07. The number of aliphatic hydroxyl groups is 1. The fraction of sp³-hybridized carbons (Fsp3) is 0.519. The molecule has 35 heavy (non-hydrogen) atoms. The van der Waals surface area contributed by atoms with Gasteiger partial charge in [-0.25, -0.2) is 8.78 Å². The Bertz CT molecular complexity index is 1020. The molecule has 1 aliphatic rings. The lowest BCUT2D eigenvalue weighted by Gasteiger charge is -2.28. The first kappa shape index (κ1) is 27.5. The topological polar surface area (TPSA) is 70.0 Å². The lowest BCUT2D eigenvalue weighted by atomic mass is 9.98. The monoisotopic (exact) mass is 509 g/mol. The summed E-state index contributed by atoms with van der Waals surface area (Å²) in [5.41, 5.74) is 2.76. The maximum absolute atomic E-state index is 14.3. The molecule has 1 saturated heterocycles. The van der Waals surface area contributed by atoms with Crippen molar-refractivity contribution >= 4 is 17.6 Å². The van der Waals surface area contributed by atoms with E-state index in [0.717, 1.165) is 48.9 Å². The van der Waals surface area contributed by atoms with Crippen molar-refractivity contribution in [1.82, 2.24) is 4.90 Å². The Labute approximate surface area is 210 Å². The lowest BCUT2D eigenvalue weighted by Crippen LogP contribution is -2.39. The van der Waals surface area contributed by atoms with E-state index in [2.05, 4.69) is 24.0 Å². The van der Waals surface area contributed by atoms with Crippen molar-refractivity contribution in [3.63, 3.8) is 0 Å². The van der Waals surface area contributed by atoms with Gasteiger partial charge in [0.2, 0.25) is 0 Å². The van der Waals surface area contributed by atoms with E-state index < -0.39 is 29.8 Å². The number of rotatable bonds is 12. The number of hydrogen-bond acceptors (Lipinski definition) is 4. The van der Waals surface area contributed by atoms with Gasteiger partial charge in [0.05, 0.1) is 18.8 Å². The summed E-state index contributed by atoms with van der Waals surface area (Å²) in [6.07, 6.45) is 2.06. The van der Waals surface area contributed by atoms with Crippen LogP contribution >= 0.6 is 11.6 Å². The van der Waals surface area contributed by atoms with Crippen LogP contribution < -0.4 is 0 Å². The van der Waals surface area contributed by atoms with Crippen LogP contribution in [0.3, 0.4) is 0 Å². The highest BCUT2D eigenvalue weighted by Crippen LogP contribution is 2.27. The molecule has 3 atom stereocenters. The molecule has 5 nitrogen and oxygen atoms in total. The van der Waals surface area contributed by atoms with Crippen molar-refractivity contribution in [2.45, 2.75) is 70.6 Å². The Balaban J connectivity index is 1.58. The molecular weight excluding hydrogens is 476 g/mol. The van der Waals surface area contributed by atoms with Gasteiger partial charge < -0.3 is 14.9 Å². The zero-order chi connectivity index (χ0) is 25.5. The normalized spacial score (nSPS) is 18.1. The van der Waals surface area contributed by atoms with E-state index in [-0.39, 0.29) is 30.6 Å². The Morgan fingerprint density at radius 3 is 2.77 bits per heavy atom. The quantitative estimate of drug-likeness (QED) is 0.404. The number of halogens is 3. The summed E-state index contributed by atoms with van der Waals surface area (Å²) in [6, 6.07) is 8.39. The van der Waals surface area contributed by atoms with Crippen LogP contribution in [-0.4, -0.2) is 52.9 Å². The summed E-state index contributed by atoms with van der Waals surface area (Å²) in [4.78, 5) is 13.2. The van der Waals surface area contributed by atoms with Crippen molar-refractivity contribution in [2.75, 3.05) is 19.7 Å². The molecule has 1 fully saturated rings. The highest BCUT2D eigenvalue weighted by atomic mass is 35.5. The molecule has 0 radical (unpaired) electrons. The van der Waals surface area contributed by atoms with Gasteiger partial charge >= 0.3 is 5.97 Å². The predicted molar refractivity (Wildman–Crippen MR) is 132 cm³/mol. The summed E-state index contributed by atoms with van der Waals surface area (Å²) in [5, 5.41) is 20.4. The molecule has 0 unspecified atom stereocenters. The highest BCUT2D eigenvalue weighted by Gasteiger charge is 2.27. The number of β-amino-alcohol motifs (C(OH)–C–C–N with tert-alkyl or cyclic N) is 1. The lowest BCUT2D eigenvalue weighted by molar-refractivity contribution is -0.136. The first-order chi connectivity index (χ1) is 16.7. The maximum atomic E-state index is 14.3. The third-order valence-corrected chi connectivity index (χ3v) is 7.04. The van der Waals surface area contributed by atoms with Crippen LogP contribution in [0.4, 0.5) is 8.78 Å². The minimum atomic E-state index is -1.06. The van der Waals surface area contributed by atoms with E-state index in [9.17, 15) is 18.7 Å². The molecule has 2 aromatic carbocycles. The number of likely N-dealkylation sites (tertiary alicyclic amines) is 1. The number of nitrogens with zero attached hydrogens (tertiary/aromatic N) is 1. The van der Waals surface area contributed by atoms with Gasteiger partial charge in [-0.3, -0.25) is 9.69 Å². The highest BCUT2D eigenvalue weighted by molar-refractivity contribution is 6.31. The number of ether oxygens (including phenoxy) is 1. The minimum absolute atomic E-state index is 0.00180. The molecular formula is C27H34ClF2NO4. The second kappa shape index (κ2) is 12.8. The number of carboxylic acids is 1. The number of benzene rings is 2. The third kappa shape index (κ3) is 7.71. The standard InChI is InChI=1S/C27H34ClF2NO4/c1-3-19-11-18(6-8-25(19)28)12-21-5-4-10-31(21)15-22(32)16-35-17(2)24-13-20(29)14-26(30)23(24)7-9-27(33)34/h6,8,11,13-14,17,21-22,32H,3-5,7,9-10,12,15-16H2,1-2H3,(H,33,34)/t17-,21+,22-/m1/s1. The van der Waals surface area contributed by atoms with E-state index >= 15 is 0 Å². The number of carbonyl (C=O) groups is 1. The smallest absolute Gasteiger partial charge is 0.303 e. The molecule has 192 valence electrons. The number of aliphatic carboxylic acids is 1. The van der Waals surface area contributed by atoms with Crippen LogP contribution in [0.2, 0.25) is 5.02 Å². The van der Waals surface area contributed by atoms with Crippen molar-refractivity contribution in [2.24, 2.45) is 0 Å². The number of aryl methyl sites for hydroxylation is 1. The third-order valence-electron chi connectivity index (χ3n) is 6.67.